The zero-order valence-corrected chi connectivity index (χ0v) is 15.1. The molecular weight excluding hydrogens is 342 g/mol. The minimum absolute atomic E-state index is 0.112. The third-order valence-electron chi connectivity index (χ3n) is 5.65. The molecule has 7 heteroatoms. The van der Waals surface area contributed by atoms with Gasteiger partial charge in [-0.15, -0.1) is 0 Å². The molecule has 0 bridgehead atoms. The Morgan fingerprint density at radius 2 is 2.15 bits per heavy atom. The van der Waals surface area contributed by atoms with Crippen molar-refractivity contribution in [3.8, 4) is 17.4 Å². The summed E-state index contributed by atoms with van der Waals surface area (Å²) in [6.07, 6.45) is 7.09. The lowest BCUT2D eigenvalue weighted by molar-refractivity contribution is -0.118. The summed E-state index contributed by atoms with van der Waals surface area (Å²) in [5.41, 5.74) is 2.51. The van der Waals surface area contributed by atoms with Crippen LogP contribution in [0.5, 0.6) is 6.01 Å². The van der Waals surface area contributed by atoms with Crippen LogP contribution >= 0.6 is 0 Å². The standard InChI is InChI=1S/C20H21N5O2/c1-2-27-20-21-7-6-14(24-20)16-8-11-10-22-17(9-15(11)23-16)25-19(26)18-12-4-3-5-13(12)18/h6-10,12-13,18,23H,2-5H2,1H3,(H,22,25,26). The molecule has 5 rings (SSSR count). The summed E-state index contributed by atoms with van der Waals surface area (Å²) < 4.78 is 5.37. The van der Waals surface area contributed by atoms with Gasteiger partial charge in [0.25, 0.3) is 0 Å². The first-order valence-electron chi connectivity index (χ1n) is 9.49. The maximum absolute atomic E-state index is 12.5. The number of ether oxygens (including phenoxy) is 1. The molecule has 3 aromatic heterocycles. The van der Waals surface area contributed by atoms with Crippen molar-refractivity contribution in [3.05, 3.63) is 30.6 Å². The van der Waals surface area contributed by atoms with E-state index in [1.54, 1.807) is 12.4 Å². The summed E-state index contributed by atoms with van der Waals surface area (Å²) in [6, 6.07) is 6.04. The predicted molar refractivity (Wildman–Crippen MR) is 101 cm³/mol. The van der Waals surface area contributed by atoms with Gasteiger partial charge in [0.1, 0.15) is 5.82 Å². The molecule has 2 saturated carbocycles. The molecule has 27 heavy (non-hydrogen) atoms. The first kappa shape index (κ1) is 16.2. The number of nitrogens with one attached hydrogen (secondary N) is 2. The van der Waals surface area contributed by atoms with Gasteiger partial charge in [-0.1, -0.05) is 6.42 Å². The first-order chi connectivity index (χ1) is 13.2. The molecule has 0 spiro atoms. The third-order valence-corrected chi connectivity index (χ3v) is 5.65. The van der Waals surface area contributed by atoms with Crippen LogP contribution in [0, 0.1) is 17.8 Å². The van der Waals surface area contributed by atoms with E-state index in [2.05, 4.69) is 25.3 Å². The van der Waals surface area contributed by atoms with Crippen LogP contribution in [0.3, 0.4) is 0 Å². The molecule has 7 nitrogen and oxygen atoms in total. The van der Waals surface area contributed by atoms with Crippen molar-refractivity contribution in [1.29, 1.82) is 0 Å². The number of carbonyl (C=O) groups is 1. The molecule has 2 aliphatic carbocycles. The summed E-state index contributed by atoms with van der Waals surface area (Å²) in [5.74, 6) is 2.09. The highest BCUT2D eigenvalue weighted by Gasteiger charge is 2.56. The van der Waals surface area contributed by atoms with Gasteiger partial charge in [-0.25, -0.2) is 9.97 Å². The molecule has 0 aliphatic heterocycles. The van der Waals surface area contributed by atoms with E-state index >= 15 is 0 Å². The lowest BCUT2D eigenvalue weighted by Gasteiger charge is -2.05. The summed E-state index contributed by atoms with van der Waals surface area (Å²) in [4.78, 5) is 28.7. The number of amides is 1. The normalized spacial score (nSPS) is 23.2. The van der Waals surface area contributed by atoms with Crippen LogP contribution < -0.4 is 10.1 Å². The van der Waals surface area contributed by atoms with Gasteiger partial charge in [-0.05, 0) is 43.7 Å². The van der Waals surface area contributed by atoms with Crippen molar-refractivity contribution in [2.45, 2.75) is 26.2 Å². The van der Waals surface area contributed by atoms with Gasteiger partial charge in [0.05, 0.1) is 23.5 Å². The molecule has 2 aliphatic rings. The molecule has 0 saturated heterocycles. The maximum atomic E-state index is 12.5. The van der Waals surface area contributed by atoms with Crippen LogP contribution in [-0.2, 0) is 4.79 Å². The zero-order chi connectivity index (χ0) is 18.4. The molecule has 2 fully saturated rings. The minimum atomic E-state index is 0.112. The van der Waals surface area contributed by atoms with Crippen molar-refractivity contribution in [3.63, 3.8) is 0 Å². The van der Waals surface area contributed by atoms with Crippen molar-refractivity contribution < 1.29 is 9.53 Å². The Kier molecular flexibility index (Phi) is 3.81. The lowest BCUT2D eigenvalue weighted by Crippen LogP contribution is -2.17. The predicted octanol–water partition coefficient (Wildman–Crippen LogP) is 3.40. The number of hydrogen-bond acceptors (Lipinski definition) is 5. The highest BCUT2D eigenvalue weighted by molar-refractivity contribution is 5.96. The summed E-state index contributed by atoms with van der Waals surface area (Å²) in [6.45, 7) is 2.42. The van der Waals surface area contributed by atoms with E-state index in [-0.39, 0.29) is 11.8 Å². The van der Waals surface area contributed by atoms with Crippen molar-refractivity contribution in [1.82, 2.24) is 19.9 Å². The SMILES string of the molecule is CCOc1nccc(-c2cc3cnc(NC(=O)C4C5CCCC54)cc3[nH]2)n1. The molecular formula is C20H21N5O2. The smallest absolute Gasteiger partial charge is 0.316 e. The zero-order valence-electron chi connectivity index (χ0n) is 15.1. The van der Waals surface area contributed by atoms with Gasteiger partial charge in [0.15, 0.2) is 0 Å². The number of rotatable bonds is 5. The molecule has 2 atom stereocenters. The van der Waals surface area contributed by atoms with Crippen LogP contribution in [0.2, 0.25) is 0 Å². The van der Waals surface area contributed by atoms with Crippen LogP contribution in [-0.4, -0.2) is 32.4 Å². The van der Waals surface area contributed by atoms with Gasteiger partial charge in [-0.3, -0.25) is 4.79 Å². The van der Waals surface area contributed by atoms with E-state index in [9.17, 15) is 4.79 Å². The molecule has 1 amide bonds. The molecule has 3 aromatic rings. The van der Waals surface area contributed by atoms with E-state index < -0.39 is 0 Å². The van der Waals surface area contributed by atoms with Gasteiger partial charge in [-0.2, -0.15) is 4.98 Å². The number of hydrogen-bond donors (Lipinski definition) is 2. The van der Waals surface area contributed by atoms with Gasteiger partial charge in [0, 0.05) is 29.8 Å². The number of nitrogens with zero attached hydrogens (tertiary/aromatic N) is 3. The number of pyridine rings is 1. The summed E-state index contributed by atoms with van der Waals surface area (Å²) in [5, 5.41) is 3.94. The minimum Gasteiger partial charge on any atom is -0.464 e. The van der Waals surface area contributed by atoms with E-state index in [1.165, 1.54) is 19.3 Å². The van der Waals surface area contributed by atoms with Crippen molar-refractivity contribution in [2.24, 2.45) is 17.8 Å². The molecule has 138 valence electrons. The first-order valence-corrected chi connectivity index (χ1v) is 9.49. The topological polar surface area (TPSA) is 92.8 Å². The Hall–Kier alpha value is -2.96. The number of H-pyrrole nitrogens is 1. The average Bonchev–Trinajstić information content (AvgIpc) is 3.01. The monoisotopic (exact) mass is 363 g/mol. The lowest BCUT2D eigenvalue weighted by atomic mass is 10.1. The highest BCUT2D eigenvalue weighted by atomic mass is 16.5. The number of carbonyl (C=O) groups excluding carboxylic acids is 1. The van der Waals surface area contributed by atoms with Gasteiger partial charge >= 0.3 is 6.01 Å². The Bertz CT molecular complexity index is 1000. The largest absolute Gasteiger partial charge is 0.464 e. The van der Waals surface area contributed by atoms with E-state index in [0.717, 1.165) is 22.3 Å². The second-order valence-corrected chi connectivity index (χ2v) is 7.27. The second-order valence-electron chi connectivity index (χ2n) is 7.27. The van der Waals surface area contributed by atoms with E-state index in [1.807, 2.05) is 25.1 Å². The number of aromatic nitrogens is 4. The Balaban J connectivity index is 1.37. The fraction of sp³-hybridized carbons (Fsp3) is 0.400. The Morgan fingerprint density at radius 1 is 1.30 bits per heavy atom. The summed E-state index contributed by atoms with van der Waals surface area (Å²) >= 11 is 0. The number of fused-ring (bicyclic) bond motifs is 2. The van der Waals surface area contributed by atoms with E-state index in [0.29, 0.717) is 30.3 Å². The molecule has 0 aromatic carbocycles. The van der Waals surface area contributed by atoms with Crippen LogP contribution in [0.15, 0.2) is 30.6 Å². The molecule has 0 radical (unpaired) electrons. The van der Waals surface area contributed by atoms with Crippen LogP contribution in [0.4, 0.5) is 5.82 Å². The second kappa shape index (κ2) is 6.33. The van der Waals surface area contributed by atoms with Crippen molar-refractivity contribution in [2.75, 3.05) is 11.9 Å². The Morgan fingerprint density at radius 3 is 2.96 bits per heavy atom. The fourth-order valence-corrected chi connectivity index (χ4v) is 4.34. The molecule has 2 N–H and O–H groups in total. The van der Waals surface area contributed by atoms with E-state index in [4.69, 9.17) is 4.74 Å². The van der Waals surface area contributed by atoms with Gasteiger partial charge in [0.2, 0.25) is 5.91 Å². The van der Waals surface area contributed by atoms with Crippen molar-refractivity contribution >= 4 is 22.6 Å². The number of aromatic amines is 1. The molecule has 3 heterocycles. The average molecular weight is 363 g/mol. The number of anilines is 1. The molecule has 2 unspecified atom stereocenters. The maximum Gasteiger partial charge on any atom is 0.316 e. The fourth-order valence-electron chi connectivity index (χ4n) is 4.34. The van der Waals surface area contributed by atoms with Crippen LogP contribution in [0.25, 0.3) is 22.3 Å². The third kappa shape index (κ3) is 2.93. The highest BCUT2D eigenvalue weighted by Crippen LogP contribution is 2.57. The summed E-state index contributed by atoms with van der Waals surface area (Å²) in [7, 11) is 0. The quantitative estimate of drug-likeness (QED) is 0.725. The van der Waals surface area contributed by atoms with Gasteiger partial charge < -0.3 is 15.0 Å². The van der Waals surface area contributed by atoms with Crippen LogP contribution in [0.1, 0.15) is 26.2 Å². The Labute approximate surface area is 156 Å².